The van der Waals surface area contributed by atoms with E-state index >= 15 is 0 Å². The lowest BCUT2D eigenvalue weighted by Gasteiger charge is -2.38. The topological polar surface area (TPSA) is 58.6 Å². The summed E-state index contributed by atoms with van der Waals surface area (Å²) in [5, 5.41) is 3.17. The molecule has 152 valence electrons. The van der Waals surface area contributed by atoms with E-state index < -0.39 is 11.0 Å². The number of ether oxygens (including phenoxy) is 1. The first-order valence-electron chi connectivity index (χ1n) is 10.1. The second kappa shape index (κ2) is 8.73. The molecule has 1 fully saturated rings. The van der Waals surface area contributed by atoms with E-state index in [1.54, 1.807) is 4.90 Å². The molecule has 0 radical (unpaired) electrons. The first kappa shape index (κ1) is 22.9. The number of carbonyl (C=O) groups is 2. The van der Waals surface area contributed by atoms with E-state index in [2.05, 4.69) is 12.2 Å². The van der Waals surface area contributed by atoms with E-state index in [0.717, 1.165) is 25.7 Å². The Labute approximate surface area is 160 Å². The van der Waals surface area contributed by atoms with Crippen LogP contribution in [0.5, 0.6) is 0 Å². The summed E-state index contributed by atoms with van der Waals surface area (Å²) in [5.74, 6) is 0.0601. The number of amides is 2. The van der Waals surface area contributed by atoms with Crippen molar-refractivity contribution in [3.05, 3.63) is 0 Å². The van der Waals surface area contributed by atoms with Crippen LogP contribution in [-0.4, -0.2) is 47.0 Å². The van der Waals surface area contributed by atoms with Gasteiger partial charge in [0.2, 0.25) is 11.8 Å². The van der Waals surface area contributed by atoms with Crippen LogP contribution in [0.25, 0.3) is 0 Å². The largest absolute Gasteiger partial charge is 0.376 e. The Morgan fingerprint density at radius 3 is 2.27 bits per heavy atom. The lowest BCUT2D eigenvalue weighted by atomic mass is 9.86. The molecular formula is C21H40N2O3. The smallest absolute Gasteiger partial charge is 0.243 e. The van der Waals surface area contributed by atoms with E-state index in [1.807, 2.05) is 48.5 Å². The molecule has 0 aliphatic carbocycles. The number of rotatable bonds is 9. The van der Waals surface area contributed by atoms with E-state index in [1.165, 1.54) is 0 Å². The van der Waals surface area contributed by atoms with Gasteiger partial charge in [0, 0.05) is 24.1 Å². The summed E-state index contributed by atoms with van der Waals surface area (Å²) in [6, 6.07) is -0.354. The third-order valence-corrected chi connectivity index (χ3v) is 5.13. The highest BCUT2D eigenvalue weighted by molar-refractivity contribution is 5.90. The molecule has 0 aromatic heterocycles. The molecule has 0 spiro atoms. The van der Waals surface area contributed by atoms with Crippen LogP contribution >= 0.6 is 0 Å². The summed E-state index contributed by atoms with van der Waals surface area (Å²) < 4.78 is 5.79. The van der Waals surface area contributed by atoms with Crippen LogP contribution in [0.4, 0.5) is 0 Å². The molecular weight excluding hydrogens is 328 g/mol. The fourth-order valence-corrected chi connectivity index (χ4v) is 4.37. The van der Waals surface area contributed by atoms with Crippen molar-refractivity contribution in [3.63, 3.8) is 0 Å². The molecule has 1 unspecified atom stereocenters. The molecule has 0 aromatic carbocycles. The lowest BCUT2D eigenvalue weighted by molar-refractivity contribution is -0.146. The number of hydrogen-bond donors (Lipinski definition) is 1. The van der Waals surface area contributed by atoms with Crippen molar-refractivity contribution in [1.82, 2.24) is 10.2 Å². The molecule has 2 amide bonds. The Balaban J connectivity index is 2.80. The summed E-state index contributed by atoms with van der Waals surface area (Å²) in [4.78, 5) is 27.7. The minimum atomic E-state index is -0.413. The van der Waals surface area contributed by atoms with Gasteiger partial charge in [-0.3, -0.25) is 9.59 Å². The zero-order chi connectivity index (χ0) is 20.2. The summed E-state index contributed by atoms with van der Waals surface area (Å²) in [6.45, 7) is 17.5. The van der Waals surface area contributed by atoms with Gasteiger partial charge in [0.25, 0.3) is 0 Å². The maximum absolute atomic E-state index is 13.0. The molecule has 0 bridgehead atoms. The van der Waals surface area contributed by atoms with Crippen molar-refractivity contribution in [1.29, 1.82) is 0 Å². The number of carbonyl (C=O) groups excluding carboxylic acids is 2. The van der Waals surface area contributed by atoms with Crippen LogP contribution in [0.15, 0.2) is 0 Å². The Hall–Kier alpha value is -1.10. The highest BCUT2D eigenvalue weighted by Crippen LogP contribution is 2.30. The van der Waals surface area contributed by atoms with E-state index in [9.17, 15) is 9.59 Å². The molecule has 1 rings (SSSR count). The average Bonchev–Trinajstić information content (AvgIpc) is 2.93. The van der Waals surface area contributed by atoms with E-state index in [0.29, 0.717) is 19.6 Å². The average molecular weight is 369 g/mol. The number of nitrogens with zero attached hydrogens (tertiary/aromatic N) is 1. The van der Waals surface area contributed by atoms with Crippen LogP contribution in [0, 0.1) is 5.41 Å². The van der Waals surface area contributed by atoms with Gasteiger partial charge in [0.15, 0.2) is 0 Å². The molecule has 26 heavy (non-hydrogen) atoms. The predicted octanol–water partition coefficient (Wildman–Crippen LogP) is 3.90. The third-order valence-electron chi connectivity index (χ3n) is 5.13. The van der Waals surface area contributed by atoms with Crippen LogP contribution in [0.3, 0.4) is 0 Å². The van der Waals surface area contributed by atoms with Gasteiger partial charge in [-0.05, 0) is 60.3 Å². The zero-order valence-electron chi connectivity index (χ0n) is 18.2. The Morgan fingerprint density at radius 2 is 1.73 bits per heavy atom. The number of hydrogen-bond acceptors (Lipinski definition) is 3. The predicted molar refractivity (Wildman–Crippen MR) is 106 cm³/mol. The van der Waals surface area contributed by atoms with Crippen LogP contribution in [0.2, 0.25) is 0 Å². The lowest BCUT2D eigenvalue weighted by Crippen LogP contribution is -2.55. The van der Waals surface area contributed by atoms with E-state index in [-0.39, 0.29) is 23.5 Å². The molecule has 1 N–H and O–H groups in total. The van der Waals surface area contributed by atoms with Gasteiger partial charge < -0.3 is 15.0 Å². The standard InChI is InChI=1S/C21H40N2O3/c1-9-13-19(3,4)18(25)23-14-11-12-16(23)17(24)22-20(5,6)15-21(7,8)26-10-2/h16H,9-15H2,1-8H3,(H,22,24). The molecule has 1 atom stereocenters. The van der Waals surface area contributed by atoms with Crippen molar-refractivity contribution in [2.24, 2.45) is 5.41 Å². The minimum Gasteiger partial charge on any atom is -0.376 e. The van der Waals surface area contributed by atoms with Crippen LogP contribution in [0.1, 0.15) is 87.5 Å². The van der Waals surface area contributed by atoms with Crippen LogP contribution < -0.4 is 5.32 Å². The quantitative estimate of drug-likeness (QED) is 0.671. The van der Waals surface area contributed by atoms with Crippen molar-refractivity contribution in [2.45, 2.75) is 105 Å². The fourth-order valence-electron chi connectivity index (χ4n) is 4.37. The maximum Gasteiger partial charge on any atom is 0.243 e. The minimum absolute atomic E-state index is 0.0413. The molecule has 1 aliphatic rings. The second-order valence-electron chi connectivity index (χ2n) is 9.53. The van der Waals surface area contributed by atoms with Gasteiger partial charge in [-0.2, -0.15) is 0 Å². The maximum atomic E-state index is 13.0. The molecule has 5 nitrogen and oxygen atoms in total. The van der Waals surface area contributed by atoms with Gasteiger partial charge in [0.05, 0.1) is 5.60 Å². The summed E-state index contributed by atoms with van der Waals surface area (Å²) >= 11 is 0. The molecule has 1 saturated heterocycles. The Bertz CT molecular complexity index is 497. The van der Waals surface area contributed by atoms with Gasteiger partial charge in [-0.15, -0.1) is 0 Å². The van der Waals surface area contributed by atoms with Crippen LogP contribution in [-0.2, 0) is 14.3 Å². The molecule has 1 heterocycles. The highest BCUT2D eigenvalue weighted by atomic mass is 16.5. The summed E-state index contributed by atoms with van der Waals surface area (Å²) in [6.07, 6.45) is 4.14. The van der Waals surface area contributed by atoms with Gasteiger partial charge in [-0.25, -0.2) is 0 Å². The molecule has 0 aromatic rings. The first-order chi connectivity index (χ1) is 11.9. The second-order valence-corrected chi connectivity index (χ2v) is 9.53. The Kier molecular flexibility index (Phi) is 7.70. The zero-order valence-corrected chi connectivity index (χ0v) is 18.2. The fraction of sp³-hybridized carbons (Fsp3) is 0.905. The van der Waals surface area contributed by atoms with Gasteiger partial charge in [0.1, 0.15) is 6.04 Å². The molecule has 0 saturated carbocycles. The summed E-state index contributed by atoms with van der Waals surface area (Å²) in [5.41, 5.74) is -1.12. The number of likely N-dealkylation sites (tertiary alicyclic amines) is 1. The van der Waals surface area contributed by atoms with Crippen molar-refractivity contribution >= 4 is 11.8 Å². The highest BCUT2D eigenvalue weighted by Gasteiger charge is 2.41. The number of nitrogens with one attached hydrogen (secondary N) is 1. The summed E-state index contributed by atoms with van der Waals surface area (Å²) in [7, 11) is 0. The van der Waals surface area contributed by atoms with Crippen molar-refractivity contribution < 1.29 is 14.3 Å². The SMILES string of the molecule is CCCC(C)(C)C(=O)N1CCCC1C(=O)NC(C)(C)CC(C)(C)OCC. The van der Waals surface area contributed by atoms with Gasteiger partial charge in [-0.1, -0.05) is 27.2 Å². The van der Waals surface area contributed by atoms with Crippen molar-refractivity contribution in [3.8, 4) is 0 Å². The molecule has 1 aliphatic heterocycles. The Morgan fingerprint density at radius 1 is 1.12 bits per heavy atom. The van der Waals surface area contributed by atoms with E-state index in [4.69, 9.17) is 4.74 Å². The monoisotopic (exact) mass is 368 g/mol. The van der Waals surface area contributed by atoms with Crippen molar-refractivity contribution in [2.75, 3.05) is 13.2 Å². The normalized spacial score (nSPS) is 18.9. The molecule has 5 heteroatoms. The third kappa shape index (κ3) is 6.26. The first-order valence-corrected chi connectivity index (χ1v) is 10.1. The van der Waals surface area contributed by atoms with Gasteiger partial charge >= 0.3 is 0 Å².